The second kappa shape index (κ2) is 5.59. The summed E-state index contributed by atoms with van der Waals surface area (Å²) < 4.78 is 0. The van der Waals surface area contributed by atoms with E-state index < -0.39 is 0 Å². The summed E-state index contributed by atoms with van der Waals surface area (Å²) in [7, 11) is 0. The molecular formula is C18H20N2. The first-order valence-electron chi connectivity index (χ1n) is 7.27. The Balaban J connectivity index is 2.16. The molecule has 2 heteroatoms. The fourth-order valence-corrected chi connectivity index (χ4v) is 2.82. The van der Waals surface area contributed by atoms with Crippen molar-refractivity contribution in [1.29, 1.82) is 0 Å². The summed E-state index contributed by atoms with van der Waals surface area (Å²) in [5.41, 5.74) is 6.19. The molecule has 102 valence electrons. The van der Waals surface area contributed by atoms with Crippen LogP contribution < -0.4 is 5.32 Å². The average Bonchev–Trinajstić information content (AvgIpc) is 2.64. The maximum absolute atomic E-state index is 4.95. The third-order valence-electron chi connectivity index (χ3n) is 3.83. The highest BCUT2D eigenvalue weighted by Crippen LogP contribution is 2.29. The standard InChI is InChI=1S/C18H20N2/c1-3-19-13(2)18-16-10-6-4-8-14(16)12-15-9-5-7-11-17(15)20-18/h4-11,13,19H,3,12H2,1-2H3. The molecule has 1 unspecified atom stereocenters. The lowest BCUT2D eigenvalue weighted by Crippen LogP contribution is -2.34. The quantitative estimate of drug-likeness (QED) is 0.898. The van der Waals surface area contributed by atoms with Gasteiger partial charge in [-0.3, -0.25) is 4.99 Å². The van der Waals surface area contributed by atoms with Crippen LogP contribution in [-0.2, 0) is 6.42 Å². The molecule has 0 aromatic heterocycles. The smallest absolute Gasteiger partial charge is 0.0669 e. The first-order chi connectivity index (χ1) is 9.79. The molecule has 2 aromatic carbocycles. The molecule has 0 amide bonds. The Morgan fingerprint density at radius 2 is 1.75 bits per heavy atom. The Kier molecular flexibility index (Phi) is 3.66. The van der Waals surface area contributed by atoms with E-state index in [1.807, 2.05) is 0 Å². The Morgan fingerprint density at radius 1 is 1.05 bits per heavy atom. The Labute approximate surface area is 120 Å². The number of para-hydroxylation sites is 1. The van der Waals surface area contributed by atoms with E-state index in [-0.39, 0.29) is 6.04 Å². The van der Waals surface area contributed by atoms with Crippen LogP contribution in [0.5, 0.6) is 0 Å². The van der Waals surface area contributed by atoms with Crippen LogP contribution in [0.15, 0.2) is 53.5 Å². The lowest BCUT2D eigenvalue weighted by Gasteiger charge is -2.17. The zero-order valence-electron chi connectivity index (χ0n) is 12.1. The summed E-state index contributed by atoms with van der Waals surface area (Å²) in [5.74, 6) is 0. The topological polar surface area (TPSA) is 24.4 Å². The molecule has 0 saturated carbocycles. The Morgan fingerprint density at radius 3 is 2.55 bits per heavy atom. The monoisotopic (exact) mass is 264 g/mol. The van der Waals surface area contributed by atoms with Gasteiger partial charge in [-0.25, -0.2) is 0 Å². The minimum atomic E-state index is 0.257. The minimum Gasteiger partial charge on any atom is -0.309 e. The van der Waals surface area contributed by atoms with Crippen LogP contribution in [0, 0.1) is 0 Å². The third kappa shape index (κ3) is 2.39. The normalized spacial score (nSPS) is 14.8. The van der Waals surface area contributed by atoms with E-state index in [1.165, 1.54) is 16.7 Å². The van der Waals surface area contributed by atoms with Gasteiger partial charge in [0, 0.05) is 18.0 Å². The molecule has 2 nitrogen and oxygen atoms in total. The van der Waals surface area contributed by atoms with Crippen molar-refractivity contribution in [2.45, 2.75) is 26.3 Å². The Bertz CT molecular complexity index is 643. The predicted octanol–water partition coefficient (Wildman–Crippen LogP) is 3.71. The van der Waals surface area contributed by atoms with E-state index >= 15 is 0 Å². The molecule has 1 aliphatic heterocycles. The number of hydrogen-bond donors (Lipinski definition) is 1. The molecule has 0 bridgehead atoms. The second-order valence-corrected chi connectivity index (χ2v) is 5.24. The van der Waals surface area contributed by atoms with Crippen molar-refractivity contribution >= 4 is 11.4 Å². The first-order valence-corrected chi connectivity index (χ1v) is 7.27. The van der Waals surface area contributed by atoms with Gasteiger partial charge in [0.25, 0.3) is 0 Å². The summed E-state index contributed by atoms with van der Waals surface area (Å²) in [6.07, 6.45) is 0.957. The first kappa shape index (κ1) is 13.1. The summed E-state index contributed by atoms with van der Waals surface area (Å²) in [4.78, 5) is 4.95. The molecule has 0 radical (unpaired) electrons. The van der Waals surface area contributed by atoms with Gasteiger partial charge in [-0.05, 0) is 30.7 Å². The van der Waals surface area contributed by atoms with Crippen molar-refractivity contribution in [3.63, 3.8) is 0 Å². The van der Waals surface area contributed by atoms with Crippen molar-refractivity contribution in [3.8, 4) is 0 Å². The zero-order chi connectivity index (χ0) is 13.9. The maximum Gasteiger partial charge on any atom is 0.0669 e. The Hall–Kier alpha value is -1.93. The highest BCUT2D eigenvalue weighted by atomic mass is 14.9. The highest BCUT2D eigenvalue weighted by Gasteiger charge is 2.19. The predicted molar refractivity (Wildman–Crippen MR) is 85.0 cm³/mol. The van der Waals surface area contributed by atoms with Crippen LogP contribution >= 0.6 is 0 Å². The molecule has 0 fully saturated rings. The SMILES string of the molecule is CCNC(C)C1=Nc2ccccc2Cc2ccccc21. The number of nitrogens with one attached hydrogen (secondary N) is 1. The van der Waals surface area contributed by atoms with Gasteiger partial charge >= 0.3 is 0 Å². The minimum absolute atomic E-state index is 0.257. The summed E-state index contributed by atoms with van der Waals surface area (Å²) >= 11 is 0. The van der Waals surface area contributed by atoms with E-state index in [0.717, 1.165) is 24.4 Å². The molecule has 0 aliphatic carbocycles. The van der Waals surface area contributed by atoms with Crippen LogP contribution in [0.25, 0.3) is 0 Å². The molecule has 0 saturated heterocycles. The highest BCUT2D eigenvalue weighted by molar-refractivity contribution is 6.07. The summed E-state index contributed by atoms with van der Waals surface area (Å²) in [5, 5.41) is 3.48. The molecule has 1 N–H and O–H groups in total. The van der Waals surface area contributed by atoms with Gasteiger partial charge < -0.3 is 5.32 Å². The fourth-order valence-electron chi connectivity index (χ4n) is 2.82. The third-order valence-corrected chi connectivity index (χ3v) is 3.83. The van der Waals surface area contributed by atoms with Gasteiger partial charge in [0.05, 0.1) is 11.4 Å². The van der Waals surface area contributed by atoms with E-state index in [0.29, 0.717) is 0 Å². The molecule has 2 aromatic rings. The van der Waals surface area contributed by atoms with E-state index in [9.17, 15) is 0 Å². The average molecular weight is 264 g/mol. The van der Waals surface area contributed by atoms with E-state index in [2.05, 4.69) is 67.7 Å². The molecule has 0 spiro atoms. The fraction of sp³-hybridized carbons (Fsp3) is 0.278. The van der Waals surface area contributed by atoms with Crippen LogP contribution in [0.4, 0.5) is 5.69 Å². The molecule has 20 heavy (non-hydrogen) atoms. The number of benzene rings is 2. The van der Waals surface area contributed by atoms with Gasteiger partial charge in [-0.1, -0.05) is 49.4 Å². The molecule has 1 heterocycles. The number of fused-ring (bicyclic) bond motifs is 2. The van der Waals surface area contributed by atoms with Crippen LogP contribution in [0.1, 0.15) is 30.5 Å². The molecule has 1 aliphatic rings. The van der Waals surface area contributed by atoms with Crippen molar-refractivity contribution in [1.82, 2.24) is 5.32 Å². The number of hydrogen-bond acceptors (Lipinski definition) is 2. The maximum atomic E-state index is 4.95. The lowest BCUT2D eigenvalue weighted by molar-refractivity contribution is 0.687. The van der Waals surface area contributed by atoms with Crippen LogP contribution in [-0.4, -0.2) is 18.3 Å². The number of aliphatic imine (C=N–C) groups is 1. The largest absolute Gasteiger partial charge is 0.309 e. The lowest BCUT2D eigenvalue weighted by atomic mass is 9.95. The molecular weight excluding hydrogens is 244 g/mol. The van der Waals surface area contributed by atoms with Gasteiger partial charge in [0.1, 0.15) is 0 Å². The summed E-state index contributed by atoms with van der Waals surface area (Å²) in [6.45, 7) is 5.27. The van der Waals surface area contributed by atoms with Crippen molar-refractivity contribution < 1.29 is 0 Å². The van der Waals surface area contributed by atoms with Gasteiger partial charge in [-0.15, -0.1) is 0 Å². The van der Waals surface area contributed by atoms with Crippen LogP contribution in [0.2, 0.25) is 0 Å². The van der Waals surface area contributed by atoms with Crippen molar-refractivity contribution in [2.24, 2.45) is 4.99 Å². The van der Waals surface area contributed by atoms with E-state index in [4.69, 9.17) is 4.99 Å². The van der Waals surface area contributed by atoms with E-state index in [1.54, 1.807) is 0 Å². The van der Waals surface area contributed by atoms with Gasteiger partial charge in [0.15, 0.2) is 0 Å². The summed E-state index contributed by atoms with van der Waals surface area (Å²) in [6, 6.07) is 17.3. The second-order valence-electron chi connectivity index (χ2n) is 5.24. The van der Waals surface area contributed by atoms with Crippen molar-refractivity contribution in [2.75, 3.05) is 6.54 Å². The number of nitrogens with zero attached hydrogens (tertiary/aromatic N) is 1. The zero-order valence-corrected chi connectivity index (χ0v) is 12.1. The number of rotatable bonds is 3. The van der Waals surface area contributed by atoms with Crippen LogP contribution in [0.3, 0.4) is 0 Å². The molecule has 1 atom stereocenters. The van der Waals surface area contributed by atoms with Crippen molar-refractivity contribution in [3.05, 3.63) is 65.2 Å². The van der Waals surface area contributed by atoms with Gasteiger partial charge in [0.2, 0.25) is 0 Å². The molecule has 3 rings (SSSR count). The van der Waals surface area contributed by atoms with Gasteiger partial charge in [-0.2, -0.15) is 0 Å². The number of likely N-dealkylation sites (N-methyl/N-ethyl adjacent to an activating group) is 1.